The van der Waals surface area contributed by atoms with Gasteiger partial charge in [0.25, 0.3) is 0 Å². The highest BCUT2D eigenvalue weighted by Gasteiger charge is 2.00. The Labute approximate surface area is 91.2 Å². The molecule has 2 heteroatoms. The van der Waals surface area contributed by atoms with Gasteiger partial charge in [0.15, 0.2) is 6.29 Å². The van der Waals surface area contributed by atoms with Crippen LogP contribution in [0, 0.1) is 0 Å². The average molecular weight is 203 g/mol. The van der Waals surface area contributed by atoms with E-state index in [0.29, 0.717) is 5.57 Å². The number of rotatable bonds is 4. The third kappa shape index (κ3) is 3.24. The Morgan fingerprint density at radius 3 is 2.27 bits per heavy atom. The fraction of sp³-hybridized carbons (Fsp3) is 0.308. The highest BCUT2D eigenvalue weighted by atomic mass is 16.1. The lowest BCUT2D eigenvalue weighted by Crippen LogP contribution is -2.03. The van der Waals surface area contributed by atoms with E-state index in [4.69, 9.17) is 0 Å². The number of aldehydes is 1. The number of nitrogens with zero attached hydrogens (tertiary/aromatic N) is 1. The fourth-order valence-corrected chi connectivity index (χ4v) is 1.38. The van der Waals surface area contributed by atoms with Gasteiger partial charge in [-0.2, -0.15) is 0 Å². The Balaban J connectivity index is 2.98. The van der Waals surface area contributed by atoms with Gasteiger partial charge >= 0.3 is 0 Å². The number of hydrogen-bond donors (Lipinski definition) is 0. The Hall–Kier alpha value is -1.57. The molecule has 0 amide bonds. The first-order valence-electron chi connectivity index (χ1n) is 5.10. The van der Waals surface area contributed by atoms with Crippen LogP contribution in [0.25, 0.3) is 5.57 Å². The van der Waals surface area contributed by atoms with Crippen molar-refractivity contribution in [2.75, 3.05) is 14.1 Å². The van der Waals surface area contributed by atoms with Gasteiger partial charge in [-0.3, -0.25) is 4.79 Å². The van der Waals surface area contributed by atoms with Gasteiger partial charge in [-0.05, 0) is 17.5 Å². The van der Waals surface area contributed by atoms with E-state index >= 15 is 0 Å². The molecule has 0 aliphatic carbocycles. The van der Waals surface area contributed by atoms with Crippen molar-refractivity contribution in [1.82, 2.24) is 4.90 Å². The monoisotopic (exact) mass is 203 g/mol. The van der Waals surface area contributed by atoms with E-state index in [1.54, 1.807) is 0 Å². The van der Waals surface area contributed by atoms with Crippen molar-refractivity contribution in [2.45, 2.75) is 13.3 Å². The number of carbonyl (C=O) groups is 1. The predicted octanol–water partition coefficient (Wildman–Crippen LogP) is 2.35. The molecular formula is C13H17NO. The molecule has 0 unspecified atom stereocenters. The largest absolute Gasteiger partial charge is 0.383 e. The zero-order valence-corrected chi connectivity index (χ0v) is 9.53. The quantitative estimate of drug-likeness (QED) is 0.553. The van der Waals surface area contributed by atoms with Crippen molar-refractivity contribution in [1.29, 1.82) is 0 Å². The molecule has 80 valence electrons. The normalized spacial score (nSPS) is 11.3. The second-order valence-corrected chi connectivity index (χ2v) is 3.72. The summed E-state index contributed by atoms with van der Waals surface area (Å²) in [6, 6.07) is 8.09. The molecule has 0 saturated heterocycles. The van der Waals surface area contributed by atoms with Gasteiger partial charge in [0.05, 0.1) is 0 Å². The fourth-order valence-electron chi connectivity index (χ4n) is 1.38. The minimum absolute atomic E-state index is 0.711. The number of aryl methyl sites for hydroxylation is 1. The summed E-state index contributed by atoms with van der Waals surface area (Å²) in [6.45, 7) is 2.12. The zero-order chi connectivity index (χ0) is 11.3. The average Bonchev–Trinajstić information content (AvgIpc) is 2.26. The van der Waals surface area contributed by atoms with Crippen molar-refractivity contribution >= 4 is 11.9 Å². The Morgan fingerprint density at radius 1 is 1.27 bits per heavy atom. The lowest BCUT2D eigenvalue weighted by atomic mass is 10.0. The van der Waals surface area contributed by atoms with Gasteiger partial charge in [0, 0.05) is 25.9 Å². The maximum atomic E-state index is 10.9. The highest BCUT2D eigenvalue weighted by molar-refractivity contribution is 6.06. The summed E-state index contributed by atoms with van der Waals surface area (Å²) in [4.78, 5) is 12.8. The molecule has 0 aliphatic heterocycles. The van der Waals surface area contributed by atoms with Gasteiger partial charge in [0.2, 0.25) is 0 Å². The number of carbonyl (C=O) groups excluding carboxylic acids is 1. The second-order valence-electron chi connectivity index (χ2n) is 3.72. The van der Waals surface area contributed by atoms with Crippen LogP contribution >= 0.6 is 0 Å². The maximum absolute atomic E-state index is 10.9. The van der Waals surface area contributed by atoms with E-state index < -0.39 is 0 Å². The van der Waals surface area contributed by atoms with Crippen LogP contribution in [0.1, 0.15) is 18.1 Å². The van der Waals surface area contributed by atoms with Crippen molar-refractivity contribution in [3.05, 3.63) is 41.6 Å². The second kappa shape index (κ2) is 5.35. The van der Waals surface area contributed by atoms with Gasteiger partial charge < -0.3 is 4.90 Å². The van der Waals surface area contributed by atoms with Crippen molar-refractivity contribution in [3.8, 4) is 0 Å². The maximum Gasteiger partial charge on any atom is 0.152 e. The molecule has 0 bridgehead atoms. The molecular weight excluding hydrogens is 186 g/mol. The van der Waals surface area contributed by atoms with Crippen LogP contribution in [0.5, 0.6) is 0 Å². The lowest BCUT2D eigenvalue weighted by Gasteiger charge is -2.08. The summed E-state index contributed by atoms with van der Waals surface area (Å²) >= 11 is 0. The molecule has 0 radical (unpaired) electrons. The van der Waals surface area contributed by atoms with Crippen molar-refractivity contribution in [2.24, 2.45) is 0 Å². The van der Waals surface area contributed by atoms with Crippen LogP contribution in [0.15, 0.2) is 30.5 Å². The first-order chi connectivity index (χ1) is 7.17. The number of allylic oxidation sites excluding steroid dienone is 1. The smallest absolute Gasteiger partial charge is 0.152 e. The van der Waals surface area contributed by atoms with E-state index in [0.717, 1.165) is 18.3 Å². The summed E-state index contributed by atoms with van der Waals surface area (Å²) in [5.74, 6) is 0. The summed E-state index contributed by atoms with van der Waals surface area (Å²) in [6.07, 6.45) is 3.74. The first-order valence-corrected chi connectivity index (χ1v) is 5.10. The van der Waals surface area contributed by atoms with E-state index in [9.17, 15) is 4.79 Å². The van der Waals surface area contributed by atoms with Crippen LogP contribution in [-0.4, -0.2) is 25.3 Å². The third-order valence-corrected chi connectivity index (χ3v) is 2.22. The highest BCUT2D eigenvalue weighted by Crippen LogP contribution is 2.13. The van der Waals surface area contributed by atoms with Gasteiger partial charge in [-0.25, -0.2) is 0 Å². The molecule has 0 aromatic heterocycles. The van der Waals surface area contributed by atoms with E-state index in [1.807, 2.05) is 37.3 Å². The molecule has 0 N–H and O–H groups in total. The molecule has 1 rings (SSSR count). The topological polar surface area (TPSA) is 20.3 Å². The van der Waals surface area contributed by atoms with E-state index in [-0.39, 0.29) is 0 Å². The SMILES string of the molecule is CCc1ccc(/C(C=O)=C/N(C)C)cc1. The molecule has 0 heterocycles. The minimum atomic E-state index is 0.711. The van der Waals surface area contributed by atoms with Crippen LogP contribution in [0.2, 0.25) is 0 Å². The molecule has 1 aromatic carbocycles. The third-order valence-electron chi connectivity index (χ3n) is 2.22. The Kier molecular flexibility index (Phi) is 4.10. The van der Waals surface area contributed by atoms with Crippen LogP contribution in [0.4, 0.5) is 0 Å². The van der Waals surface area contributed by atoms with Gasteiger partial charge in [0.1, 0.15) is 0 Å². The van der Waals surface area contributed by atoms with Crippen LogP contribution in [-0.2, 0) is 11.2 Å². The van der Waals surface area contributed by atoms with Crippen molar-refractivity contribution in [3.63, 3.8) is 0 Å². The summed E-state index contributed by atoms with van der Waals surface area (Å²) in [7, 11) is 3.81. The molecule has 0 spiro atoms. The van der Waals surface area contributed by atoms with Gasteiger partial charge in [-0.15, -0.1) is 0 Å². The molecule has 0 atom stereocenters. The molecule has 1 aromatic rings. The number of benzene rings is 1. The standard InChI is InChI=1S/C13H17NO/c1-4-11-5-7-12(8-6-11)13(10-15)9-14(2)3/h5-10H,4H2,1-3H3/b13-9+. The Bertz CT molecular complexity index is 349. The minimum Gasteiger partial charge on any atom is -0.383 e. The lowest BCUT2D eigenvalue weighted by molar-refractivity contribution is -0.103. The molecule has 0 fully saturated rings. The van der Waals surface area contributed by atoms with Crippen LogP contribution in [0.3, 0.4) is 0 Å². The molecule has 0 aliphatic rings. The van der Waals surface area contributed by atoms with Crippen LogP contribution < -0.4 is 0 Å². The zero-order valence-electron chi connectivity index (χ0n) is 9.53. The van der Waals surface area contributed by atoms with E-state index in [2.05, 4.69) is 19.1 Å². The summed E-state index contributed by atoms with van der Waals surface area (Å²) < 4.78 is 0. The molecule has 0 saturated carbocycles. The molecule has 2 nitrogen and oxygen atoms in total. The number of hydrogen-bond acceptors (Lipinski definition) is 2. The Morgan fingerprint density at radius 2 is 1.87 bits per heavy atom. The summed E-state index contributed by atoms with van der Waals surface area (Å²) in [5, 5.41) is 0. The van der Waals surface area contributed by atoms with Crippen molar-refractivity contribution < 1.29 is 4.79 Å². The molecule has 15 heavy (non-hydrogen) atoms. The summed E-state index contributed by atoms with van der Waals surface area (Å²) in [5.41, 5.74) is 2.97. The predicted molar refractivity (Wildman–Crippen MR) is 63.5 cm³/mol. The van der Waals surface area contributed by atoms with Gasteiger partial charge in [-0.1, -0.05) is 31.2 Å². The first kappa shape index (κ1) is 11.5. The van der Waals surface area contributed by atoms with E-state index in [1.165, 1.54) is 5.56 Å².